The minimum Gasteiger partial charge on any atom is -0.327 e. The standard InChI is InChI=1S/C14H15F2NS2/c1-8-5-6-18-13(8)14(9(2)17)19-12-4-3-10(15)7-11(12)16/h3-7,9,14H,17H2,1-2H3. The lowest BCUT2D eigenvalue weighted by atomic mass is 10.1. The Labute approximate surface area is 119 Å². The zero-order valence-corrected chi connectivity index (χ0v) is 12.3. The summed E-state index contributed by atoms with van der Waals surface area (Å²) in [5.74, 6) is -1.10. The number of benzene rings is 1. The molecule has 5 heteroatoms. The van der Waals surface area contributed by atoms with Crippen LogP contribution >= 0.6 is 23.1 Å². The van der Waals surface area contributed by atoms with E-state index < -0.39 is 11.6 Å². The SMILES string of the molecule is Cc1ccsc1C(Sc1ccc(F)cc1F)C(C)N. The van der Waals surface area contributed by atoms with Crippen LogP contribution in [0.4, 0.5) is 8.78 Å². The number of rotatable bonds is 4. The molecular weight excluding hydrogens is 284 g/mol. The monoisotopic (exact) mass is 299 g/mol. The van der Waals surface area contributed by atoms with Gasteiger partial charge in [0.2, 0.25) is 0 Å². The molecule has 0 spiro atoms. The number of aryl methyl sites for hydroxylation is 1. The van der Waals surface area contributed by atoms with E-state index in [1.807, 2.05) is 25.3 Å². The molecule has 0 fully saturated rings. The maximum absolute atomic E-state index is 13.7. The van der Waals surface area contributed by atoms with Crippen molar-refractivity contribution >= 4 is 23.1 Å². The first-order valence-corrected chi connectivity index (χ1v) is 7.66. The van der Waals surface area contributed by atoms with Crippen molar-refractivity contribution in [2.75, 3.05) is 0 Å². The van der Waals surface area contributed by atoms with Crippen molar-refractivity contribution in [1.82, 2.24) is 0 Å². The van der Waals surface area contributed by atoms with Gasteiger partial charge in [-0.15, -0.1) is 23.1 Å². The maximum atomic E-state index is 13.7. The molecule has 0 saturated carbocycles. The molecule has 0 aliphatic heterocycles. The van der Waals surface area contributed by atoms with Crippen molar-refractivity contribution in [3.63, 3.8) is 0 Å². The van der Waals surface area contributed by atoms with Crippen LogP contribution in [0.3, 0.4) is 0 Å². The second-order valence-electron chi connectivity index (χ2n) is 4.44. The third-order valence-corrected chi connectivity index (χ3v) is 5.54. The molecule has 2 unspecified atom stereocenters. The summed E-state index contributed by atoms with van der Waals surface area (Å²) in [6, 6.07) is 5.55. The molecule has 1 aromatic heterocycles. The molecule has 102 valence electrons. The highest BCUT2D eigenvalue weighted by molar-refractivity contribution is 7.99. The number of thioether (sulfide) groups is 1. The smallest absolute Gasteiger partial charge is 0.139 e. The molecule has 0 saturated heterocycles. The van der Waals surface area contributed by atoms with Crippen LogP contribution in [0.5, 0.6) is 0 Å². The van der Waals surface area contributed by atoms with Gasteiger partial charge in [0.1, 0.15) is 11.6 Å². The molecule has 0 aliphatic rings. The Balaban J connectivity index is 2.29. The van der Waals surface area contributed by atoms with Crippen LogP contribution in [0.2, 0.25) is 0 Å². The van der Waals surface area contributed by atoms with Crippen LogP contribution in [0.1, 0.15) is 22.6 Å². The highest BCUT2D eigenvalue weighted by Crippen LogP contribution is 2.41. The van der Waals surface area contributed by atoms with E-state index in [0.29, 0.717) is 4.90 Å². The summed E-state index contributed by atoms with van der Waals surface area (Å²) in [5.41, 5.74) is 7.17. The van der Waals surface area contributed by atoms with Gasteiger partial charge in [-0.1, -0.05) is 0 Å². The fraction of sp³-hybridized carbons (Fsp3) is 0.286. The number of nitrogens with two attached hydrogens (primary N) is 1. The minimum atomic E-state index is -0.563. The van der Waals surface area contributed by atoms with E-state index in [1.54, 1.807) is 11.3 Å². The van der Waals surface area contributed by atoms with Gasteiger partial charge in [-0.3, -0.25) is 0 Å². The quantitative estimate of drug-likeness (QED) is 0.840. The number of hydrogen-bond acceptors (Lipinski definition) is 3. The number of halogens is 2. The van der Waals surface area contributed by atoms with Gasteiger partial charge in [-0.2, -0.15) is 0 Å². The maximum Gasteiger partial charge on any atom is 0.139 e. The molecule has 1 heterocycles. The first kappa shape index (κ1) is 14.5. The van der Waals surface area contributed by atoms with E-state index in [-0.39, 0.29) is 11.3 Å². The Bertz CT molecular complexity index is 566. The van der Waals surface area contributed by atoms with Gasteiger partial charge in [-0.25, -0.2) is 8.78 Å². The zero-order chi connectivity index (χ0) is 14.0. The molecule has 19 heavy (non-hydrogen) atoms. The van der Waals surface area contributed by atoms with Crippen LogP contribution in [0.25, 0.3) is 0 Å². The number of hydrogen-bond donors (Lipinski definition) is 1. The lowest BCUT2D eigenvalue weighted by Gasteiger charge is -2.20. The van der Waals surface area contributed by atoms with Crippen molar-refractivity contribution in [3.05, 3.63) is 51.7 Å². The molecule has 2 rings (SSSR count). The summed E-state index contributed by atoms with van der Waals surface area (Å²) < 4.78 is 26.6. The molecule has 0 amide bonds. The van der Waals surface area contributed by atoms with E-state index in [0.717, 1.165) is 16.5 Å². The lowest BCUT2D eigenvalue weighted by molar-refractivity contribution is 0.565. The Kier molecular flexibility index (Phi) is 4.60. The molecule has 0 radical (unpaired) electrons. The summed E-state index contributed by atoms with van der Waals surface area (Å²) in [4.78, 5) is 1.57. The summed E-state index contributed by atoms with van der Waals surface area (Å²) in [6.07, 6.45) is 0. The van der Waals surface area contributed by atoms with Gasteiger partial charge in [0, 0.05) is 21.9 Å². The van der Waals surface area contributed by atoms with Gasteiger partial charge < -0.3 is 5.73 Å². The van der Waals surface area contributed by atoms with Crippen molar-refractivity contribution < 1.29 is 8.78 Å². The van der Waals surface area contributed by atoms with Crippen LogP contribution in [0, 0.1) is 18.6 Å². The van der Waals surface area contributed by atoms with Crippen molar-refractivity contribution in [3.8, 4) is 0 Å². The summed E-state index contributed by atoms with van der Waals surface area (Å²) >= 11 is 2.96. The minimum absolute atomic E-state index is 0.0278. The van der Waals surface area contributed by atoms with Gasteiger partial charge in [0.15, 0.2) is 0 Å². The van der Waals surface area contributed by atoms with Crippen molar-refractivity contribution in [2.45, 2.75) is 30.0 Å². The summed E-state index contributed by atoms with van der Waals surface area (Å²) in [7, 11) is 0. The normalized spacial score (nSPS) is 14.4. The average Bonchev–Trinajstić information content (AvgIpc) is 2.74. The van der Waals surface area contributed by atoms with Crippen LogP contribution in [0.15, 0.2) is 34.5 Å². The first-order valence-electron chi connectivity index (χ1n) is 5.90. The Hall–Kier alpha value is -0.910. The lowest BCUT2D eigenvalue weighted by Crippen LogP contribution is -2.22. The van der Waals surface area contributed by atoms with Crippen LogP contribution < -0.4 is 5.73 Å². The van der Waals surface area contributed by atoms with Gasteiger partial charge in [0.05, 0.1) is 5.25 Å². The van der Waals surface area contributed by atoms with Crippen molar-refractivity contribution in [2.24, 2.45) is 5.73 Å². The van der Waals surface area contributed by atoms with E-state index in [4.69, 9.17) is 5.73 Å². The molecular formula is C14H15F2NS2. The molecule has 0 bridgehead atoms. The van der Waals surface area contributed by atoms with Gasteiger partial charge in [-0.05, 0) is 43.0 Å². The molecule has 2 aromatic rings. The highest BCUT2D eigenvalue weighted by atomic mass is 32.2. The summed E-state index contributed by atoms with van der Waals surface area (Å²) in [5, 5.41) is 1.97. The zero-order valence-electron chi connectivity index (χ0n) is 10.7. The Morgan fingerprint density at radius 1 is 1.26 bits per heavy atom. The topological polar surface area (TPSA) is 26.0 Å². The third kappa shape index (κ3) is 3.35. The highest BCUT2D eigenvalue weighted by Gasteiger charge is 2.22. The van der Waals surface area contributed by atoms with Crippen LogP contribution in [-0.4, -0.2) is 6.04 Å². The largest absolute Gasteiger partial charge is 0.327 e. The average molecular weight is 299 g/mol. The Morgan fingerprint density at radius 3 is 2.53 bits per heavy atom. The first-order chi connectivity index (χ1) is 8.99. The predicted molar refractivity (Wildman–Crippen MR) is 77.7 cm³/mol. The molecule has 2 N–H and O–H groups in total. The molecule has 1 aromatic carbocycles. The summed E-state index contributed by atoms with van der Waals surface area (Å²) in [6.45, 7) is 3.92. The third-order valence-electron chi connectivity index (χ3n) is 2.79. The number of thiophene rings is 1. The van der Waals surface area contributed by atoms with Gasteiger partial charge >= 0.3 is 0 Å². The van der Waals surface area contributed by atoms with Crippen molar-refractivity contribution in [1.29, 1.82) is 0 Å². The van der Waals surface area contributed by atoms with Crippen LogP contribution in [-0.2, 0) is 0 Å². The van der Waals surface area contributed by atoms with E-state index in [2.05, 4.69) is 0 Å². The van der Waals surface area contributed by atoms with E-state index >= 15 is 0 Å². The van der Waals surface area contributed by atoms with E-state index in [9.17, 15) is 8.78 Å². The fourth-order valence-electron chi connectivity index (χ4n) is 1.78. The second kappa shape index (κ2) is 6.03. The van der Waals surface area contributed by atoms with Gasteiger partial charge in [0.25, 0.3) is 0 Å². The molecule has 0 aliphatic carbocycles. The second-order valence-corrected chi connectivity index (χ2v) is 6.57. The fourth-order valence-corrected chi connectivity index (χ4v) is 4.21. The predicted octanol–water partition coefficient (Wildman–Crippen LogP) is 4.52. The Morgan fingerprint density at radius 2 is 2.00 bits per heavy atom. The van der Waals surface area contributed by atoms with E-state index in [1.165, 1.54) is 23.9 Å². The molecule has 2 atom stereocenters. The molecule has 1 nitrogen and oxygen atoms in total.